The van der Waals surface area contributed by atoms with E-state index in [2.05, 4.69) is 43.4 Å². The zero-order valence-corrected chi connectivity index (χ0v) is 22.6. The molecular weight excluding hydrogens is 555 g/mol. The van der Waals surface area contributed by atoms with Crippen LogP contribution in [0.25, 0.3) is 27.7 Å². The number of morpholine rings is 1. The van der Waals surface area contributed by atoms with Crippen LogP contribution in [-0.4, -0.2) is 78.1 Å². The van der Waals surface area contributed by atoms with E-state index in [1.54, 1.807) is 15.7 Å². The van der Waals surface area contributed by atoms with Gasteiger partial charge in [0.15, 0.2) is 0 Å². The first-order valence-corrected chi connectivity index (χ1v) is 12.8. The van der Waals surface area contributed by atoms with Gasteiger partial charge in [0.2, 0.25) is 11.9 Å². The van der Waals surface area contributed by atoms with E-state index in [1.165, 1.54) is 0 Å². The minimum Gasteiger partial charge on any atom is -0.475 e. The Morgan fingerprint density at radius 1 is 1.05 bits per heavy atom. The number of halogens is 3. The number of alkyl halides is 3. The number of carbonyl (C=O) groups is 1. The van der Waals surface area contributed by atoms with Crippen molar-refractivity contribution in [1.29, 1.82) is 0 Å². The van der Waals surface area contributed by atoms with Gasteiger partial charge < -0.3 is 20.1 Å². The lowest BCUT2D eigenvalue weighted by Gasteiger charge is -2.25. The van der Waals surface area contributed by atoms with Gasteiger partial charge in [-0.15, -0.1) is 5.10 Å². The summed E-state index contributed by atoms with van der Waals surface area (Å²) >= 11 is 0. The Labute approximate surface area is 237 Å². The highest BCUT2D eigenvalue weighted by Gasteiger charge is 2.38. The van der Waals surface area contributed by atoms with E-state index in [0.29, 0.717) is 19.2 Å². The molecule has 0 amide bonds. The van der Waals surface area contributed by atoms with Crippen LogP contribution >= 0.6 is 0 Å². The number of ether oxygens (including phenoxy) is 1. The van der Waals surface area contributed by atoms with Crippen LogP contribution in [0.3, 0.4) is 0 Å². The molecule has 3 aromatic heterocycles. The van der Waals surface area contributed by atoms with Crippen molar-refractivity contribution in [3.63, 3.8) is 0 Å². The second-order valence-electron chi connectivity index (χ2n) is 9.34. The molecule has 0 aliphatic carbocycles. The van der Waals surface area contributed by atoms with Crippen molar-refractivity contribution in [1.82, 2.24) is 34.5 Å². The molecule has 218 valence electrons. The number of carboxylic acid groups (broad SMARTS) is 1. The Kier molecular flexibility index (Phi) is 8.01. The number of fused-ring (bicyclic) bond motifs is 1. The number of rotatable bonds is 5. The van der Waals surface area contributed by atoms with E-state index in [0.717, 1.165) is 58.0 Å². The maximum Gasteiger partial charge on any atom is 0.490 e. The highest BCUT2D eigenvalue weighted by molar-refractivity contribution is 5.88. The topological polar surface area (TPSA) is 136 Å². The van der Waals surface area contributed by atoms with E-state index in [1.807, 2.05) is 56.0 Å². The molecule has 12 nitrogen and oxygen atoms in total. The molecule has 15 heteroatoms. The van der Waals surface area contributed by atoms with Crippen LogP contribution < -0.4 is 10.2 Å². The molecule has 0 radical (unpaired) electrons. The van der Waals surface area contributed by atoms with Crippen molar-refractivity contribution in [2.45, 2.75) is 13.1 Å². The Morgan fingerprint density at radius 3 is 2.40 bits per heavy atom. The van der Waals surface area contributed by atoms with Gasteiger partial charge in [0, 0.05) is 49.2 Å². The zero-order valence-electron chi connectivity index (χ0n) is 22.6. The average molecular weight is 582 g/mol. The summed E-state index contributed by atoms with van der Waals surface area (Å²) in [5.41, 5.74) is 6.02. The number of benzene rings is 2. The van der Waals surface area contributed by atoms with Crippen LogP contribution in [-0.2, 0) is 16.6 Å². The molecule has 1 fully saturated rings. The molecular formula is C27H26F3N9O3. The van der Waals surface area contributed by atoms with Gasteiger partial charge in [-0.1, -0.05) is 12.1 Å². The molecule has 42 heavy (non-hydrogen) atoms. The number of hydrogen-bond acceptors (Lipinski definition) is 9. The third kappa shape index (κ3) is 6.46. The summed E-state index contributed by atoms with van der Waals surface area (Å²) in [7, 11) is 1.92. The van der Waals surface area contributed by atoms with Crippen LogP contribution in [0.5, 0.6) is 0 Å². The third-order valence-electron chi connectivity index (χ3n) is 6.43. The fourth-order valence-electron chi connectivity index (χ4n) is 4.29. The summed E-state index contributed by atoms with van der Waals surface area (Å²) in [6.45, 7) is 5.11. The van der Waals surface area contributed by atoms with Gasteiger partial charge in [-0.3, -0.25) is 4.68 Å². The van der Waals surface area contributed by atoms with Crippen LogP contribution in [0.15, 0.2) is 61.3 Å². The molecule has 0 atom stereocenters. The number of anilines is 3. The van der Waals surface area contributed by atoms with Gasteiger partial charge in [-0.2, -0.15) is 23.3 Å². The van der Waals surface area contributed by atoms with Gasteiger partial charge in [-0.05, 0) is 42.3 Å². The highest BCUT2D eigenvalue weighted by Crippen LogP contribution is 2.29. The highest BCUT2D eigenvalue weighted by atomic mass is 19.4. The molecule has 1 aliphatic rings. The molecule has 1 saturated heterocycles. The third-order valence-corrected chi connectivity index (χ3v) is 6.43. The Balaban J connectivity index is 0.000000451. The normalized spacial score (nSPS) is 13.5. The summed E-state index contributed by atoms with van der Waals surface area (Å²) in [6.07, 6.45) is 2.38. The minimum atomic E-state index is -5.08. The number of carboxylic acids is 1. The monoisotopic (exact) mass is 581 g/mol. The molecule has 5 aromatic rings. The van der Waals surface area contributed by atoms with Gasteiger partial charge >= 0.3 is 12.1 Å². The maximum absolute atomic E-state index is 10.6. The van der Waals surface area contributed by atoms with E-state index >= 15 is 0 Å². The van der Waals surface area contributed by atoms with Gasteiger partial charge in [0.05, 0.1) is 30.6 Å². The second-order valence-corrected chi connectivity index (χ2v) is 9.34. The van der Waals surface area contributed by atoms with E-state index in [-0.39, 0.29) is 0 Å². The quantitative estimate of drug-likeness (QED) is 0.312. The summed E-state index contributed by atoms with van der Waals surface area (Å²) in [4.78, 5) is 24.8. The lowest BCUT2D eigenvalue weighted by Crippen LogP contribution is -2.37. The predicted octanol–water partition coefficient (Wildman–Crippen LogP) is 4.13. The van der Waals surface area contributed by atoms with Crippen molar-refractivity contribution in [3.8, 4) is 16.8 Å². The molecule has 0 saturated carbocycles. The summed E-state index contributed by atoms with van der Waals surface area (Å²) in [5, 5.41) is 20.4. The number of aliphatic carboxylic acids is 1. The number of nitrogens with one attached hydrogen (secondary N) is 1. The Morgan fingerprint density at radius 2 is 1.76 bits per heavy atom. The first-order valence-electron chi connectivity index (χ1n) is 12.8. The minimum absolute atomic E-state index is 0.548. The Hall–Kier alpha value is -5.05. The largest absolute Gasteiger partial charge is 0.490 e. The second kappa shape index (κ2) is 11.8. The number of nitrogens with zero attached hydrogens (tertiary/aromatic N) is 8. The van der Waals surface area contributed by atoms with Crippen LogP contribution in [0, 0.1) is 6.92 Å². The molecule has 4 heterocycles. The molecule has 0 unspecified atom stereocenters. The predicted molar refractivity (Wildman–Crippen MR) is 148 cm³/mol. The van der Waals surface area contributed by atoms with Crippen LogP contribution in [0.1, 0.15) is 5.56 Å². The lowest BCUT2D eigenvalue weighted by molar-refractivity contribution is -0.192. The fourth-order valence-corrected chi connectivity index (χ4v) is 4.29. The molecule has 2 aromatic carbocycles. The van der Waals surface area contributed by atoms with Gasteiger partial charge in [0.1, 0.15) is 6.33 Å². The number of hydrogen-bond donors (Lipinski definition) is 2. The zero-order chi connectivity index (χ0) is 29.9. The number of aryl methyl sites for hydroxylation is 2. The molecule has 0 bridgehead atoms. The maximum atomic E-state index is 10.6. The van der Waals surface area contributed by atoms with E-state index in [4.69, 9.17) is 19.6 Å². The van der Waals surface area contributed by atoms with Crippen LogP contribution in [0.2, 0.25) is 0 Å². The SMILES string of the molecule is Cc1c(-c2cnn(C)c2)ccc2cnc(Nc3ccc(-n4cnc(N5CCOCC5)n4)cc3)nc12.O=C(O)C(F)(F)F. The summed E-state index contributed by atoms with van der Waals surface area (Å²) in [6, 6.07) is 12.1. The first kappa shape index (κ1) is 28.5. The van der Waals surface area contributed by atoms with Crippen molar-refractivity contribution < 1.29 is 27.8 Å². The standard InChI is InChI=1S/C25H25N9O.C2HF3O2/c1-17-22(19-14-28-32(2)15-19)8-3-18-13-26-24(30-23(17)18)29-20-4-6-21(7-5-20)34-16-27-25(31-34)33-9-11-35-12-10-33;3-2(4,5)1(6)7/h3-8,13-16H,9-12H2,1-2H3,(H,26,29,30);(H,6,7). The average Bonchev–Trinajstić information content (AvgIpc) is 3.64. The Bertz CT molecular complexity index is 1690. The van der Waals surface area contributed by atoms with Crippen molar-refractivity contribution in [2.75, 3.05) is 36.5 Å². The smallest absolute Gasteiger partial charge is 0.475 e. The summed E-state index contributed by atoms with van der Waals surface area (Å²) in [5.74, 6) is -1.49. The summed E-state index contributed by atoms with van der Waals surface area (Å²) < 4.78 is 40.7. The van der Waals surface area contributed by atoms with Crippen molar-refractivity contribution in [3.05, 3.63) is 66.9 Å². The lowest BCUT2D eigenvalue weighted by atomic mass is 10.0. The van der Waals surface area contributed by atoms with E-state index in [9.17, 15) is 13.2 Å². The van der Waals surface area contributed by atoms with Crippen LogP contribution in [0.4, 0.5) is 30.8 Å². The molecule has 2 N–H and O–H groups in total. The van der Waals surface area contributed by atoms with Crippen molar-refractivity contribution in [2.24, 2.45) is 7.05 Å². The van der Waals surface area contributed by atoms with Gasteiger partial charge in [-0.25, -0.2) is 19.4 Å². The first-order chi connectivity index (χ1) is 20.1. The number of aromatic nitrogens is 7. The molecule has 6 rings (SSSR count). The molecule has 0 spiro atoms. The van der Waals surface area contributed by atoms with Crippen molar-refractivity contribution >= 4 is 34.5 Å². The van der Waals surface area contributed by atoms with Gasteiger partial charge in [0.25, 0.3) is 0 Å². The van der Waals surface area contributed by atoms with E-state index < -0.39 is 12.1 Å². The molecule has 1 aliphatic heterocycles. The fraction of sp³-hybridized carbons (Fsp3) is 0.259.